The molecule has 3 aromatic carbocycles. The molecule has 0 aromatic heterocycles. The number of fused-ring (bicyclic) bond motifs is 3. The van der Waals surface area contributed by atoms with Gasteiger partial charge in [-0.2, -0.15) is 12.8 Å². The summed E-state index contributed by atoms with van der Waals surface area (Å²) in [6.07, 6.45) is 4.38. The molecule has 2 aliphatic heterocycles. The topological polar surface area (TPSA) is 66.8 Å². The molecule has 0 spiro atoms. The summed E-state index contributed by atoms with van der Waals surface area (Å²) in [5.41, 5.74) is 4.42. The van der Waals surface area contributed by atoms with E-state index in [4.69, 9.17) is 0 Å². The lowest BCUT2D eigenvalue weighted by molar-refractivity contribution is 0.103. The SMILES string of the molecule is Cc1ccc(S(=O)(=O)N=C2CC(C(C)(C)C)N3C=Cc4ccccc4C3=C2C(=O)c2ccccc2)cc1. The molecule has 0 saturated heterocycles. The second-order valence-corrected chi connectivity index (χ2v) is 12.2. The molecule has 1 atom stereocenters. The Morgan fingerprint density at radius 3 is 2.24 bits per heavy atom. The number of aryl methyl sites for hydroxylation is 1. The Morgan fingerprint density at radius 1 is 0.919 bits per heavy atom. The van der Waals surface area contributed by atoms with Gasteiger partial charge in [0.1, 0.15) is 0 Å². The molecule has 0 bridgehead atoms. The van der Waals surface area contributed by atoms with Crippen molar-refractivity contribution >= 4 is 33.3 Å². The first-order valence-electron chi connectivity index (χ1n) is 12.4. The first kappa shape index (κ1) is 24.9. The van der Waals surface area contributed by atoms with Gasteiger partial charge in [0.2, 0.25) is 0 Å². The number of rotatable bonds is 4. The van der Waals surface area contributed by atoms with Crippen LogP contribution in [0.3, 0.4) is 0 Å². The van der Waals surface area contributed by atoms with Gasteiger partial charge in [0.15, 0.2) is 5.78 Å². The number of nitrogens with zero attached hydrogens (tertiary/aromatic N) is 2. The Kier molecular flexibility index (Phi) is 6.24. The lowest BCUT2D eigenvalue weighted by atomic mass is 9.75. The van der Waals surface area contributed by atoms with E-state index < -0.39 is 10.0 Å². The fourth-order valence-electron chi connectivity index (χ4n) is 4.96. The minimum atomic E-state index is -4.04. The normalized spacial score (nSPS) is 18.5. The zero-order chi connectivity index (χ0) is 26.4. The van der Waals surface area contributed by atoms with Crippen molar-refractivity contribution < 1.29 is 13.2 Å². The molecule has 6 heteroatoms. The van der Waals surface area contributed by atoms with Crippen LogP contribution < -0.4 is 0 Å². The van der Waals surface area contributed by atoms with Crippen LogP contribution in [0.5, 0.6) is 0 Å². The molecule has 0 N–H and O–H groups in total. The first-order valence-corrected chi connectivity index (χ1v) is 13.8. The molecule has 0 fully saturated rings. The van der Waals surface area contributed by atoms with Crippen molar-refractivity contribution in [1.82, 2.24) is 4.90 Å². The predicted molar refractivity (Wildman–Crippen MR) is 149 cm³/mol. The van der Waals surface area contributed by atoms with E-state index in [1.54, 1.807) is 36.4 Å². The van der Waals surface area contributed by atoms with Gasteiger partial charge in [-0.3, -0.25) is 4.79 Å². The van der Waals surface area contributed by atoms with Crippen LogP contribution in [0, 0.1) is 12.3 Å². The molecule has 1 unspecified atom stereocenters. The summed E-state index contributed by atoms with van der Waals surface area (Å²) in [7, 11) is -4.04. The Hall–Kier alpha value is -3.77. The minimum absolute atomic E-state index is 0.105. The van der Waals surface area contributed by atoms with Gasteiger partial charge < -0.3 is 4.90 Å². The van der Waals surface area contributed by atoms with Crippen molar-refractivity contribution in [3.8, 4) is 0 Å². The zero-order valence-electron chi connectivity index (χ0n) is 21.5. The van der Waals surface area contributed by atoms with Gasteiger partial charge in [0, 0.05) is 29.8 Å². The van der Waals surface area contributed by atoms with E-state index in [1.165, 1.54) is 0 Å². The van der Waals surface area contributed by atoms with Crippen molar-refractivity contribution in [1.29, 1.82) is 0 Å². The summed E-state index contributed by atoms with van der Waals surface area (Å²) in [4.78, 5) is 16.4. The van der Waals surface area contributed by atoms with E-state index in [-0.39, 0.29) is 22.1 Å². The van der Waals surface area contributed by atoms with Gasteiger partial charge in [-0.15, -0.1) is 0 Å². The molecular formula is C31H30N2O3S. The number of benzene rings is 3. The molecule has 3 aromatic rings. The van der Waals surface area contributed by atoms with Crippen LogP contribution >= 0.6 is 0 Å². The first-order chi connectivity index (χ1) is 17.6. The third-order valence-corrected chi connectivity index (χ3v) is 8.28. The van der Waals surface area contributed by atoms with Crippen molar-refractivity contribution in [2.75, 3.05) is 0 Å². The molecule has 2 aliphatic rings. The van der Waals surface area contributed by atoms with E-state index in [2.05, 4.69) is 30.1 Å². The quantitative estimate of drug-likeness (QED) is 0.375. The van der Waals surface area contributed by atoms with Gasteiger partial charge in [-0.05, 0) is 36.1 Å². The molecule has 0 aliphatic carbocycles. The van der Waals surface area contributed by atoms with E-state index >= 15 is 0 Å². The lowest BCUT2D eigenvalue weighted by Gasteiger charge is -2.46. The van der Waals surface area contributed by atoms with E-state index in [1.807, 2.05) is 61.7 Å². The molecular weight excluding hydrogens is 480 g/mol. The number of hydrogen-bond acceptors (Lipinski definition) is 4. The summed E-state index contributed by atoms with van der Waals surface area (Å²) >= 11 is 0. The highest BCUT2D eigenvalue weighted by Gasteiger charge is 2.42. The number of carbonyl (C=O) groups is 1. The van der Waals surface area contributed by atoms with E-state index in [9.17, 15) is 13.2 Å². The number of carbonyl (C=O) groups excluding carboxylic acids is 1. The molecule has 2 heterocycles. The van der Waals surface area contributed by atoms with Crippen LogP contribution in [0.15, 0.2) is 99.9 Å². The van der Waals surface area contributed by atoms with Gasteiger partial charge in [-0.25, -0.2) is 0 Å². The molecule has 0 saturated carbocycles. The highest BCUT2D eigenvalue weighted by atomic mass is 32.2. The van der Waals surface area contributed by atoms with Crippen LogP contribution in [0.25, 0.3) is 11.8 Å². The van der Waals surface area contributed by atoms with Crippen LogP contribution in [0.1, 0.15) is 54.2 Å². The summed E-state index contributed by atoms with van der Waals surface area (Å²) in [5.74, 6) is -0.240. The smallest absolute Gasteiger partial charge is 0.282 e. The van der Waals surface area contributed by atoms with Gasteiger partial charge in [-0.1, -0.05) is 93.1 Å². The van der Waals surface area contributed by atoms with Crippen LogP contribution in [-0.2, 0) is 10.0 Å². The maximum absolute atomic E-state index is 14.1. The Labute approximate surface area is 218 Å². The number of ketones is 1. The maximum Gasteiger partial charge on any atom is 0.282 e. The van der Waals surface area contributed by atoms with Crippen molar-refractivity contribution in [2.45, 2.75) is 45.1 Å². The van der Waals surface area contributed by atoms with Crippen LogP contribution in [0.4, 0.5) is 0 Å². The lowest BCUT2D eigenvalue weighted by Crippen LogP contribution is -2.47. The monoisotopic (exact) mass is 510 g/mol. The standard InChI is InChI=1S/C31H30N2O3S/c1-21-14-16-24(17-15-21)37(35,36)32-26-20-27(31(2,3)4)33-19-18-22-10-8-9-13-25(22)29(33)28(26)30(34)23-11-6-5-7-12-23/h5-19,27H,20H2,1-4H3. The molecule has 5 rings (SSSR count). The molecule has 0 radical (unpaired) electrons. The highest BCUT2D eigenvalue weighted by molar-refractivity contribution is 7.90. The fraction of sp³-hybridized carbons (Fsp3) is 0.226. The molecule has 37 heavy (non-hydrogen) atoms. The summed E-state index contributed by atoms with van der Waals surface area (Å²) in [6.45, 7) is 8.28. The van der Waals surface area contributed by atoms with Crippen LogP contribution in [-0.4, -0.2) is 30.9 Å². The second-order valence-electron chi connectivity index (χ2n) is 10.6. The Balaban J connectivity index is 1.81. The Morgan fingerprint density at radius 2 is 1.57 bits per heavy atom. The average molecular weight is 511 g/mol. The van der Waals surface area contributed by atoms with Crippen LogP contribution in [0.2, 0.25) is 0 Å². The number of sulfonamides is 1. The second kappa shape index (κ2) is 9.27. The van der Waals surface area contributed by atoms with Gasteiger partial charge in [0.05, 0.1) is 21.9 Å². The van der Waals surface area contributed by atoms with Crippen molar-refractivity contribution in [3.05, 3.63) is 113 Å². The number of Topliss-reactive ketones (excluding diaryl/α,β-unsaturated/α-hetero) is 1. The highest BCUT2D eigenvalue weighted by Crippen LogP contribution is 2.44. The molecule has 188 valence electrons. The number of hydrogen-bond donors (Lipinski definition) is 0. The summed E-state index contributed by atoms with van der Waals surface area (Å²) < 4.78 is 31.4. The third kappa shape index (κ3) is 4.69. The van der Waals surface area contributed by atoms with Crippen molar-refractivity contribution in [2.24, 2.45) is 9.81 Å². The molecule has 5 nitrogen and oxygen atoms in total. The summed E-state index contributed by atoms with van der Waals surface area (Å²) in [5, 5.41) is 0. The Bertz CT molecular complexity index is 1560. The van der Waals surface area contributed by atoms with Gasteiger partial charge in [0.25, 0.3) is 10.0 Å². The van der Waals surface area contributed by atoms with Gasteiger partial charge >= 0.3 is 0 Å². The van der Waals surface area contributed by atoms with E-state index in [0.29, 0.717) is 29.0 Å². The fourth-order valence-corrected chi connectivity index (χ4v) is 6.00. The third-order valence-electron chi connectivity index (χ3n) is 6.95. The zero-order valence-corrected chi connectivity index (χ0v) is 22.3. The van der Waals surface area contributed by atoms with E-state index in [0.717, 1.165) is 16.7 Å². The largest absolute Gasteiger partial charge is 0.343 e. The minimum Gasteiger partial charge on any atom is -0.343 e. The average Bonchev–Trinajstić information content (AvgIpc) is 2.87. The maximum atomic E-state index is 14.1. The van der Waals surface area contributed by atoms with Crippen molar-refractivity contribution in [3.63, 3.8) is 0 Å². The number of allylic oxidation sites excluding steroid dienone is 1. The molecule has 0 amide bonds. The summed E-state index contributed by atoms with van der Waals surface area (Å²) in [6, 6.07) is 23.4. The predicted octanol–water partition coefficient (Wildman–Crippen LogP) is 6.52.